The Bertz CT molecular complexity index is 467. The number of ether oxygens (including phenoxy) is 1. The van der Waals surface area contributed by atoms with Crippen LogP contribution in [-0.4, -0.2) is 24.6 Å². The van der Waals surface area contributed by atoms with E-state index in [2.05, 4.69) is 37.2 Å². The Morgan fingerprint density at radius 2 is 1.90 bits per heavy atom. The van der Waals surface area contributed by atoms with Crippen molar-refractivity contribution in [1.29, 1.82) is 0 Å². The molecule has 1 aromatic carbocycles. The number of non-ortho nitro benzene ring substituents is 1. The minimum Gasteiger partial charge on any atom is -0.491 e. The van der Waals surface area contributed by atoms with E-state index in [0.29, 0.717) is 27.2 Å². The number of hydrogen-bond acceptors (Lipinski definition) is 4. The molecule has 0 atom stereocenters. The average Bonchev–Trinajstić information content (AvgIpc) is 2.42. The molecule has 1 aliphatic rings. The molecular weight excluding hydrogens is 392 g/mol. The molecule has 0 amide bonds. The highest BCUT2D eigenvalue weighted by atomic mass is 79.9. The molecular formula is C13H16Br2N2O3. The first kappa shape index (κ1) is 15.7. The summed E-state index contributed by atoms with van der Waals surface area (Å²) in [7, 11) is 0. The number of halogens is 2. The highest BCUT2D eigenvalue weighted by Crippen LogP contribution is 2.37. The fraction of sp³-hybridized carbons (Fsp3) is 0.538. The van der Waals surface area contributed by atoms with Crippen LogP contribution in [-0.2, 0) is 0 Å². The van der Waals surface area contributed by atoms with Crippen LogP contribution in [0.3, 0.4) is 0 Å². The maximum Gasteiger partial charge on any atom is 0.271 e. The van der Waals surface area contributed by atoms with Gasteiger partial charge in [0, 0.05) is 12.1 Å². The second kappa shape index (κ2) is 7.38. The second-order valence-electron chi connectivity index (χ2n) is 4.83. The van der Waals surface area contributed by atoms with Crippen LogP contribution in [0.2, 0.25) is 0 Å². The number of hydrogen-bond donors (Lipinski definition) is 1. The Hall–Kier alpha value is -0.660. The predicted molar refractivity (Wildman–Crippen MR) is 84.2 cm³/mol. The van der Waals surface area contributed by atoms with Crippen molar-refractivity contribution in [3.8, 4) is 5.75 Å². The summed E-state index contributed by atoms with van der Waals surface area (Å²) in [6, 6.07) is 2.93. The largest absolute Gasteiger partial charge is 0.491 e. The maximum absolute atomic E-state index is 10.8. The molecule has 5 nitrogen and oxygen atoms in total. The van der Waals surface area contributed by atoms with Crippen LogP contribution >= 0.6 is 31.9 Å². The van der Waals surface area contributed by atoms with Gasteiger partial charge in [0.25, 0.3) is 5.69 Å². The van der Waals surface area contributed by atoms with Gasteiger partial charge in [0.2, 0.25) is 0 Å². The first-order chi connectivity index (χ1) is 9.58. The normalized spacial score (nSPS) is 16.1. The fourth-order valence-corrected chi connectivity index (χ4v) is 3.68. The third-order valence-corrected chi connectivity index (χ3v) is 4.60. The van der Waals surface area contributed by atoms with E-state index < -0.39 is 4.92 Å². The van der Waals surface area contributed by atoms with Gasteiger partial charge in [0.15, 0.2) is 0 Å². The van der Waals surface area contributed by atoms with Crippen LogP contribution in [0.15, 0.2) is 21.1 Å². The molecule has 2 rings (SSSR count). The van der Waals surface area contributed by atoms with Gasteiger partial charge in [-0.3, -0.25) is 10.1 Å². The smallest absolute Gasteiger partial charge is 0.271 e. The second-order valence-corrected chi connectivity index (χ2v) is 6.53. The van der Waals surface area contributed by atoms with Gasteiger partial charge >= 0.3 is 0 Å². The number of nitrogens with zero attached hydrogens (tertiary/aromatic N) is 1. The van der Waals surface area contributed by atoms with Crippen molar-refractivity contribution in [1.82, 2.24) is 5.32 Å². The summed E-state index contributed by atoms with van der Waals surface area (Å²) in [5.41, 5.74) is 0.0365. The van der Waals surface area contributed by atoms with E-state index >= 15 is 0 Å². The van der Waals surface area contributed by atoms with Crippen molar-refractivity contribution < 1.29 is 9.66 Å². The standard InChI is InChI=1S/C13H16Br2N2O3/c14-11-7-10(17(18)19)8-12(15)13(11)20-6-3-9-1-4-16-5-2-9/h7-9,16H,1-6H2. The summed E-state index contributed by atoms with van der Waals surface area (Å²) in [4.78, 5) is 10.3. The number of nitro benzene ring substituents is 1. The lowest BCUT2D eigenvalue weighted by Crippen LogP contribution is -2.28. The summed E-state index contributed by atoms with van der Waals surface area (Å²) in [6.45, 7) is 2.78. The zero-order valence-electron chi connectivity index (χ0n) is 10.9. The van der Waals surface area contributed by atoms with Crippen LogP contribution in [0.5, 0.6) is 5.75 Å². The molecule has 0 radical (unpaired) electrons. The molecule has 0 bridgehead atoms. The monoisotopic (exact) mass is 406 g/mol. The summed E-state index contributed by atoms with van der Waals surface area (Å²) in [5, 5.41) is 14.1. The van der Waals surface area contributed by atoms with Gasteiger partial charge in [-0.05, 0) is 70.1 Å². The minimum absolute atomic E-state index is 0.0365. The van der Waals surface area contributed by atoms with Crippen LogP contribution in [0.4, 0.5) is 5.69 Å². The van der Waals surface area contributed by atoms with Crippen LogP contribution in [0.1, 0.15) is 19.3 Å². The summed E-state index contributed by atoms with van der Waals surface area (Å²) in [6.07, 6.45) is 3.38. The molecule has 0 unspecified atom stereocenters. The number of nitro groups is 1. The van der Waals surface area contributed by atoms with Crippen molar-refractivity contribution in [2.45, 2.75) is 19.3 Å². The molecule has 0 saturated carbocycles. The van der Waals surface area contributed by atoms with Gasteiger partial charge < -0.3 is 10.1 Å². The van der Waals surface area contributed by atoms with Gasteiger partial charge in [-0.1, -0.05) is 0 Å². The Kier molecular flexibility index (Phi) is 5.80. The van der Waals surface area contributed by atoms with E-state index in [-0.39, 0.29) is 5.69 Å². The van der Waals surface area contributed by atoms with Crippen molar-refractivity contribution in [2.24, 2.45) is 5.92 Å². The number of nitrogens with one attached hydrogen (secondary N) is 1. The van der Waals surface area contributed by atoms with Crippen molar-refractivity contribution in [2.75, 3.05) is 19.7 Å². The summed E-state index contributed by atoms with van der Waals surface area (Å²) < 4.78 is 6.97. The fourth-order valence-electron chi connectivity index (χ4n) is 2.29. The van der Waals surface area contributed by atoms with Gasteiger partial charge in [-0.2, -0.15) is 0 Å². The van der Waals surface area contributed by atoms with E-state index in [4.69, 9.17) is 4.74 Å². The third-order valence-electron chi connectivity index (χ3n) is 3.43. The van der Waals surface area contributed by atoms with Crippen molar-refractivity contribution >= 4 is 37.5 Å². The van der Waals surface area contributed by atoms with E-state index in [9.17, 15) is 10.1 Å². The van der Waals surface area contributed by atoms with Crippen LogP contribution in [0, 0.1) is 16.0 Å². The molecule has 1 N–H and O–H groups in total. The minimum atomic E-state index is -0.422. The predicted octanol–water partition coefficient (Wildman–Crippen LogP) is 3.89. The van der Waals surface area contributed by atoms with Gasteiger partial charge in [0.1, 0.15) is 5.75 Å². The molecule has 110 valence electrons. The lowest BCUT2D eigenvalue weighted by Gasteiger charge is -2.22. The molecule has 1 saturated heterocycles. The highest BCUT2D eigenvalue weighted by Gasteiger charge is 2.17. The number of rotatable bonds is 5. The molecule has 1 fully saturated rings. The molecule has 0 aromatic heterocycles. The van der Waals surface area contributed by atoms with Crippen molar-refractivity contribution in [3.63, 3.8) is 0 Å². The lowest BCUT2D eigenvalue weighted by molar-refractivity contribution is -0.385. The topological polar surface area (TPSA) is 64.4 Å². The van der Waals surface area contributed by atoms with E-state index in [1.807, 2.05) is 0 Å². The Labute approximate surface area is 134 Å². The van der Waals surface area contributed by atoms with Crippen molar-refractivity contribution in [3.05, 3.63) is 31.2 Å². The lowest BCUT2D eigenvalue weighted by atomic mass is 9.95. The molecule has 0 spiro atoms. The summed E-state index contributed by atoms with van der Waals surface area (Å²) >= 11 is 6.65. The number of benzene rings is 1. The zero-order valence-corrected chi connectivity index (χ0v) is 14.1. The average molecular weight is 408 g/mol. The molecule has 1 aliphatic heterocycles. The molecule has 0 aliphatic carbocycles. The van der Waals surface area contributed by atoms with Crippen LogP contribution < -0.4 is 10.1 Å². The molecule has 7 heteroatoms. The first-order valence-corrected chi connectivity index (χ1v) is 8.13. The molecule has 1 aromatic rings. The van der Waals surface area contributed by atoms with Gasteiger partial charge in [-0.15, -0.1) is 0 Å². The third kappa shape index (κ3) is 4.17. The summed E-state index contributed by atoms with van der Waals surface area (Å²) in [5.74, 6) is 1.33. The quantitative estimate of drug-likeness (QED) is 0.594. The van der Waals surface area contributed by atoms with Crippen LogP contribution in [0.25, 0.3) is 0 Å². The zero-order chi connectivity index (χ0) is 14.5. The maximum atomic E-state index is 10.8. The van der Waals surface area contributed by atoms with E-state index in [1.54, 1.807) is 0 Å². The first-order valence-electron chi connectivity index (χ1n) is 6.55. The Balaban J connectivity index is 1.93. The number of piperidine rings is 1. The molecule has 1 heterocycles. The van der Waals surface area contributed by atoms with Gasteiger partial charge in [-0.25, -0.2) is 0 Å². The molecule has 20 heavy (non-hydrogen) atoms. The SMILES string of the molecule is O=[N+]([O-])c1cc(Br)c(OCCC2CCNCC2)c(Br)c1. The van der Waals surface area contributed by atoms with E-state index in [1.165, 1.54) is 25.0 Å². The Morgan fingerprint density at radius 1 is 1.30 bits per heavy atom. The van der Waals surface area contributed by atoms with E-state index in [0.717, 1.165) is 19.5 Å². The van der Waals surface area contributed by atoms with Gasteiger partial charge in [0.05, 0.1) is 20.5 Å². The Morgan fingerprint density at radius 3 is 2.45 bits per heavy atom. The highest BCUT2D eigenvalue weighted by molar-refractivity contribution is 9.11.